The third kappa shape index (κ3) is 4.63. The normalized spacial score (nSPS) is 19.4. The van der Waals surface area contributed by atoms with Crippen molar-refractivity contribution in [2.24, 2.45) is 0 Å². The predicted molar refractivity (Wildman–Crippen MR) is 71.3 cm³/mol. The lowest BCUT2D eigenvalue weighted by Crippen LogP contribution is -2.38. The smallest absolute Gasteiger partial charge is 0.333 e. The molecule has 0 aliphatic heterocycles. The summed E-state index contributed by atoms with van der Waals surface area (Å²) in [6, 6.07) is 0. The second kappa shape index (κ2) is 6.72. The van der Waals surface area contributed by atoms with Crippen LogP contribution in [-0.4, -0.2) is 17.4 Å². The number of Topliss-reactive ketones (excluding diaryl/α,β-unsaturated/α-hetero) is 1. The fraction of sp³-hybridized carbons (Fsp3) is 0.733. The Hall–Kier alpha value is -1.12. The third-order valence-corrected chi connectivity index (χ3v) is 3.49. The summed E-state index contributed by atoms with van der Waals surface area (Å²) in [7, 11) is 0. The van der Waals surface area contributed by atoms with Crippen molar-refractivity contribution in [1.82, 2.24) is 0 Å². The molecule has 0 N–H and O–H groups in total. The van der Waals surface area contributed by atoms with E-state index in [2.05, 4.69) is 6.58 Å². The zero-order chi connectivity index (χ0) is 13.6. The fourth-order valence-corrected chi connectivity index (χ4v) is 2.60. The van der Waals surface area contributed by atoms with E-state index in [0.29, 0.717) is 12.0 Å². The molecule has 1 aliphatic rings. The number of carbonyl (C=O) groups excluding carboxylic acids is 2. The molecule has 3 nitrogen and oxygen atoms in total. The summed E-state index contributed by atoms with van der Waals surface area (Å²) < 4.78 is 5.63. The van der Waals surface area contributed by atoms with Gasteiger partial charge < -0.3 is 4.74 Å². The number of ketones is 1. The van der Waals surface area contributed by atoms with Crippen molar-refractivity contribution in [3.8, 4) is 0 Å². The lowest BCUT2D eigenvalue weighted by atomic mass is 9.83. The molecule has 1 saturated carbocycles. The maximum atomic E-state index is 11.8. The third-order valence-electron chi connectivity index (χ3n) is 3.49. The van der Waals surface area contributed by atoms with E-state index in [9.17, 15) is 9.59 Å². The Bertz CT molecular complexity index is 323. The largest absolute Gasteiger partial charge is 0.455 e. The van der Waals surface area contributed by atoms with Gasteiger partial charge in [0.1, 0.15) is 11.4 Å². The van der Waals surface area contributed by atoms with Gasteiger partial charge in [-0.3, -0.25) is 4.79 Å². The molecular formula is C15H24O3. The Balaban J connectivity index is 2.80. The Morgan fingerprint density at radius 2 is 1.56 bits per heavy atom. The highest BCUT2D eigenvalue weighted by Crippen LogP contribution is 2.33. The molecule has 102 valence electrons. The molecule has 0 atom stereocenters. The van der Waals surface area contributed by atoms with Crippen LogP contribution in [0.1, 0.15) is 65.2 Å². The van der Waals surface area contributed by atoms with E-state index in [1.165, 1.54) is 6.42 Å². The highest BCUT2D eigenvalue weighted by molar-refractivity contribution is 5.87. The van der Waals surface area contributed by atoms with Crippen LogP contribution in [0, 0.1) is 0 Å². The van der Waals surface area contributed by atoms with Crippen molar-refractivity contribution in [2.75, 3.05) is 0 Å². The van der Waals surface area contributed by atoms with Gasteiger partial charge in [0.05, 0.1) is 0 Å². The molecule has 0 spiro atoms. The molecule has 1 rings (SSSR count). The zero-order valence-electron chi connectivity index (χ0n) is 11.6. The van der Waals surface area contributed by atoms with Crippen molar-refractivity contribution < 1.29 is 14.3 Å². The number of hydrogen-bond donors (Lipinski definition) is 0. The highest BCUT2D eigenvalue weighted by Gasteiger charge is 2.35. The number of hydrogen-bond acceptors (Lipinski definition) is 3. The Morgan fingerprint density at radius 3 is 2.00 bits per heavy atom. The molecule has 0 radical (unpaired) electrons. The zero-order valence-corrected chi connectivity index (χ0v) is 11.6. The molecule has 1 fully saturated rings. The second-order valence-corrected chi connectivity index (χ2v) is 5.50. The van der Waals surface area contributed by atoms with Crippen LogP contribution in [-0.2, 0) is 14.3 Å². The van der Waals surface area contributed by atoms with Crippen LogP contribution in [0.2, 0.25) is 0 Å². The van der Waals surface area contributed by atoms with Crippen molar-refractivity contribution in [3.63, 3.8) is 0 Å². The minimum Gasteiger partial charge on any atom is -0.455 e. The molecule has 1 aliphatic carbocycles. The average Bonchev–Trinajstić information content (AvgIpc) is 2.22. The van der Waals surface area contributed by atoms with Crippen LogP contribution < -0.4 is 0 Å². The predicted octanol–water partition coefficient (Wildman–Crippen LogP) is 3.57. The summed E-state index contributed by atoms with van der Waals surface area (Å²) in [6.07, 6.45) is 7.54. The molecular weight excluding hydrogens is 228 g/mol. The minimum absolute atomic E-state index is 0.0880. The molecule has 0 aromatic carbocycles. The molecule has 0 unspecified atom stereocenters. The maximum absolute atomic E-state index is 11.8. The van der Waals surface area contributed by atoms with Gasteiger partial charge in [-0.15, -0.1) is 0 Å². The van der Waals surface area contributed by atoms with E-state index in [-0.39, 0.29) is 11.8 Å². The summed E-state index contributed by atoms with van der Waals surface area (Å²) in [5, 5.41) is 0. The van der Waals surface area contributed by atoms with Crippen LogP contribution in [0.25, 0.3) is 0 Å². The van der Waals surface area contributed by atoms with E-state index in [1.54, 1.807) is 13.8 Å². The van der Waals surface area contributed by atoms with Crippen molar-refractivity contribution >= 4 is 11.8 Å². The summed E-state index contributed by atoms with van der Waals surface area (Å²) in [5.41, 5.74) is -0.178. The summed E-state index contributed by atoms with van der Waals surface area (Å²) in [6.45, 7) is 6.82. The molecule has 0 amide bonds. The molecule has 18 heavy (non-hydrogen) atoms. The Labute approximate surface area is 110 Å². The molecule has 0 aromatic heterocycles. The van der Waals surface area contributed by atoms with Gasteiger partial charge in [0.25, 0.3) is 0 Å². The van der Waals surface area contributed by atoms with Gasteiger partial charge >= 0.3 is 5.97 Å². The van der Waals surface area contributed by atoms with Gasteiger partial charge in [0, 0.05) is 12.0 Å². The van der Waals surface area contributed by atoms with Crippen molar-refractivity contribution in [3.05, 3.63) is 12.2 Å². The van der Waals surface area contributed by atoms with Crippen LogP contribution >= 0.6 is 0 Å². The highest BCUT2D eigenvalue weighted by atomic mass is 16.6. The lowest BCUT2D eigenvalue weighted by molar-refractivity contribution is -0.159. The average molecular weight is 252 g/mol. The van der Waals surface area contributed by atoms with Crippen LogP contribution in [0.15, 0.2) is 12.2 Å². The van der Waals surface area contributed by atoms with Gasteiger partial charge in [0.15, 0.2) is 0 Å². The quantitative estimate of drug-likeness (QED) is 0.567. The molecule has 3 heteroatoms. The Morgan fingerprint density at radius 1 is 1.06 bits per heavy atom. The summed E-state index contributed by atoms with van der Waals surface area (Å²) >= 11 is 0. The first kappa shape index (κ1) is 14.9. The number of esters is 1. The molecule has 0 aromatic rings. The van der Waals surface area contributed by atoms with Gasteiger partial charge in [-0.2, -0.15) is 0 Å². The minimum atomic E-state index is -0.581. The van der Waals surface area contributed by atoms with E-state index < -0.39 is 5.60 Å². The van der Waals surface area contributed by atoms with E-state index in [4.69, 9.17) is 4.74 Å². The summed E-state index contributed by atoms with van der Waals surface area (Å²) in [5.74, 6) is -0.276. The van der Waals surface area contributed by atoms with Gasteiger partial charge in [0.2, 0.25) is 0 Å². The molecule has 0 saturated heterocycles. The topological polar surface area (TPSA) is 43.4 Å². The number of carbonyl (C=O) groups is 2. The standard InChI is InChI=1S/C15H24O3/c1-12(2)14(17)18-15(11-13(3)16)9-7-5-4-6-8-10-15/h1,4-11H2,2-3H3. The van der Waals surface area contributed by atoms with Crippen LogP contribution in [0.4, 0.5) is 0 Å². The summed E-state index contributed by atoms with van der Waals surface area (Å²) in [4.78, 5) is 23.2. The van der Waals surface area contributed by atoms with Crippen LogP contribution in [0.3, 0.4) is 0 Å². The van der Waals surface area contributed by atoms with E-state index >= 15 is 0 Å². The first-order valence-electron chi connectivity index (χ1n) is 6.83. The SMILES string of the molecule is C=C(C)C(=O)OC1(CC(C)=O)CCCCCCC1. The molecule has 0 heterocycles. The van der Waals surface area contributed by atoms with Gasteiger partial charge in [-0.1, -0.05) is 25.8 Å². The van der Waals surface area contributed by atoms with Crippen molar-refractivity contribution in [1.29, 1.82) is 0 Å². The van der Waals surface area contributed by atoms with E-state index in [1.807, 2.05) is 0 Å². The number of rotatable bonds is 4. The fourth-order valence-electron chi connectivity index (χ4n) is 2.60. The lowest BCUT2D eigenvalue weighted by Gasteiger charge is -2.34. The van der Waals surface area contributed by atoms with Crippen LogP contribution in [0.5, 0.6) is 0 Å². The maximum Gasteiger partial charge on any atom is 0.333 e. The number of ether oxygens (including phenoxy) is 1. The monoisotopic (exact) mass is 252 g/mol. The van der Waals surface area contributed by atoms with Crippen molar-refractivity contribution in [2.45, 2.75) is 70.8 Å². The second-order valence-electron chi connectivity index (χ2n) is 5.50. The van der Waals surface area contributed by atoms with E-state index in [0.717, 1.165) is 38.5 Å². The first-order chi connectivity index (χ1) is 8.45. The van der Waals surface area contributed by atoms with Gasteiger partial charge in [-0.25, -0.2) is 4.79 Å². The Kier molecular flexibility index (Phi) is 5.57. The first-order valence-corrected chi connectivity index (χ1v) is 6.83. The van der Waals surface area contributed by atoms with Gasteiger partial charge in [-0.05, 0) is 39.5 Å². The molecule has 0 bridgehead atoms.